The molecule has 1 fully saturated rings. The van der Waals surface area contributed by atoms with E-state index in [0.29, 0.717) is 28.9 Å². The van der Waals surface area contributed by atoms with Crippen molar-refractivity contribution in [1.29, 1.82) is 5.26 Å². The number of carbonyl (C=O) groups is 1. The second-order valence-corrected chi connectivity index (χ2v) is 10.8. The first kappa shape index (κ1) is 25.9. The first-order chi connectivity index (χ1) is 20.6. The van der Waals surface area contributed by atoms with Crippen LogP contribution in [0, 0.1) is 11.3 Å². The van der Waals surface area contributed by atoms with Crippen molar-refractivity contribution in [3.8, 4) is 29.0 Å². The van der Waals surface area contributed by atoms with Crippen molar-refractivity contribution in [2.45, 2.75) is 37.8 Å². The molecular weight excluding hydrogens is 524 g/mol. The number of imidazole rings is 1. The fraction of sp³-hybridized carbons (Fsp3) is 0.242. The van der Waals surface area contributed by atoms with Gasteiger partial charge in [-0.05, 0) is 85.4 Å². The van der Waals surface area contributed by atoms with Gasteiger partial charge in [0.25, 0.3) is 0 Å². The van der Waals surface area contributed by atoms with Gasteiger partial charge in [0, 0.05) is 48.8 Å². The zero-order valence-electron chi connectivity index (χ0n) is 23.1. The summed E-state index contributed by atoms with van der Waals surface area (Å²) in [6.45, 7) is 5.14. The molecule has 9 heteroatoms. The molecule has 1 aliphatic carbocycles. The second-order valence-electron chi connectivity index (χ2n) is 10.8. The van der Waals surface area contributed by atoms with Gasteiger partial charge in [-0.15, -0.1) is 0 Å². The van der Waals surface area contributed by atoms with Crippen molar-refractivity contribution in [3.05, 3.63) is 102 Å². The molecule has 7 rings (SSSR count). The summed E-state index contributed by atoms with van der Waals surface area (Å²) in [7, 11) is 0. The predicted octanol–water partition coefficient (Wildman–Crippen LogP) is 4.90. The number of nitrogens with zero attached hydrogens (tertiary/aromatic N) is 7. The Kier molecular flexibility index (Phi) is 6.61. The van der Waals surface area contributed by atoms with E-state index in [9.17, 15) is 10.1 Å². The van der Waals surface area contributed by atoms with E-state index in [1.54, 1.807) is 10.9 Å². The highest BCUT2D eigenvalue weighted by atomic mass is 16.2. The van der Waals surface area contributed by atoms with Crippen LogP contribution in [0.3, 0.4) is 0 Å². The minimum Gasteiger partial charge on any atom is -0.339 e. The lowest BCUT2D eigenvalue weighted by Gasteiger charge is -2.33. The molecule has 3 aromatic heterocycles. The summed E-state index contributed by atoms with van der Waals surface area (Å²) in [5.74, 6) is 1.39. The minimum absolute atomic E-state index is 0.0159. The average molecular weight is 555 g/mol. The van der Waals surface area contributed by atoms with Crippen LogP contribution in [0.1, 0.15) is 42.0 Å². The topological polar surface area (TPSA) is 105 Å². The number of likely N-dealkylation sites (tertiary alicyclic amines) is 1. The second kappa shape index (κ2) is 10.7. The smallest absolute Gasteiger partial charge is 0.245 e. The Morgan fingerprint density at radius 1 is 1.05 bits per heavy atom. The summed E-state index contributed by atoms with van der Waals surface area (Å²) in [5, 5.41) is 18.1. The molecule has 0 bridgehead atoms. The number of hydrogen-bond donors (Lipinski definition) is 1. The van der Waals surface area contributed by atoms with Gasteiger partial charge in [-0.3, -0.25) is 9.36 Å². The van der Waals surface area contributed by atoms with Crippen LogP contribution < -0.4 is 5.32 Å². The van der Waals surface area contributed by atoms with Crippen molar-refractivity contribution >= 4 is 17.1 Å². The zero-order chi connectivity index (χ0) is 28.6. The molecule has 1 atom stereocenters. The Labute approximate surface area is 243 Å². The van der Waals surface area contributed by atoms with E-state index in [1.165, 1.54) is 17.2 Å². The van der Waals surface area contributed by atoms with Gasteiger partial charge in [0.15, 0.2) is 11.5 Å². The molecule has 1 unspecified atom stereocenters. The van der Waals surface area contributed by atoms with E-state index >= 15 is 0 Å². The fourth-order valence-electron chi connectivity index (χ4n) is 6.28. The van der Waals surface area contributed by atoms with Gasteiger partial charge in [0.05, 0.1) is 11.6 Å². The summed E-state index contributed by atoms with van der Waals surface area (Å²) >= 11 is 0. The number of piperidine rings is 1. The standard InChI is InChI=1S/C33H30N8O/c1-2-31(42)39-18-14-24(15-19-39)36-28-11-8-22-20-25(9-10-26(22)28)41-32(27-7-4-3-6-23(27)21-34)37-29-12-13-30(38-33(29)41)40-17-5-16-35-40/h2-7,9-10,12-13,16-17,20,24,28,36H,1,8,11,14-15,18-19H2. The van der Waals surface area contributed by atoms with E-state index in [0.717, 1.165) is 55.5 Å². The number of nitrogens with one attached hydrogen (secondary N) is 1. The van der Waals surface area contributed by atoms with Crippen molar-refractivity contribution in [3.63, 3.8) is 0 Å². The van der Waals surface area contributed by atoms with Gasteiger partial charge in [0.1, 0.15) is 11.3 Å². The lowest BCUT2D eigenvalue weighted by Crippen LogP contribution is -2.45. The molecule has 208 valence electrons. The summed E-state index contributed by atoms with van der Waals surface area (Å²) in [6, 6.07) is 22.9. The maximum Gasteiger partial charge on any atom is 0.245 e. The zero-order valence-corrected chi connectivity index (χ0v) is 23.1. The normalized spacial score (nSPS) is 16.8. The maximum atomic E-state index is 12.0. The SMILES string of the molecule is C=CC(=O)N1CCC(NC2CCc3cc(-n4c(-c5ccccc5C#N)nc5ccc(-n6cccn6)nc54)ccc32)CC1. The van der Waals surface area contributed by atoms with Gasteiger partial charge in [-0.1, -0.05) is 24.8 Å². The molecule has 0 spiro atoms. The van der Waals surface area contributed by atoms with Gasteiger partial charge in [0.2, 0.25) is 5.91 Å². The molecule has 9 nitrogen and oxygen atoms in total. The third-order valence-electron chi connectivity index (χ3n) is 8.40. The minimum atomic E-state index is 0.0159. The Morgan fingerprint density at radius 2 is 1.90 bits per heavy atom. The molecular formula is C33H30N8O. The predicted molar refractivity (Wildman–Crippen MR) is 160 cm³/mol. The van der Waals surface area contributed by atoms with Gasteiger partial charge in [-0.25, -0.2) is 14.6 Å². The number of pyridine rings is 1. The number of aromatic nitrogens is 5. The third kappa shape index (κ3) is 4.56. The largest absolute Gasteiger partial charge is 0.339 e. The number of nitriles is 1. The van der Waals surface area contributed by atoms with E-state index in [4.69, 9.17) is 9.97 Å². The number of hydrogen-bond acceptors (Lipinski definition) is 6. The highest BCUT2D eigenvalue weighted by Gasteiger charge is 2.29. The van der Waals surface area contributed by atoms with Crippen LogP contribution in [0.5, 0.6) is 0 Å². The lowest BCUT2D eigenvalue weighted by molar-refractivity contribution is -0.127. The lowest BCUT2D eigenvalue weighted by atomic mass is 10.0. The van der Waals surface area contributed by atoms with Crippen LogP contribution in [0.15, 0.2) is 85.7 Å². The Bertz CT molecular complexity index is 1840. The van der Waals surface area contributed by atoms with E-state index < -0.39 is 0 Å². The first-order valence-electron chi connectivity index (χ1n) is 14.3. The van der Waals surface area contributed by atoms with E-state index in [1.807, 2.05) is 53.6 Å². The Balaban J connectivity index is 1.25. The van der Waals surface area contributed by atoms with Crippen LogP contribution >= 0.6 is 0 Å². The van der Waals surface area contributed by atoms with Crippen molar-refractivity contribution in [2.75, 3.05) is 13.1 Å². The molecule has 1 N–H and O–H groups in total. The molecule has 2 aliphatic rings. The quantitative estimate of drug-likeness (QED) is 0.300. The Hall–Kier alpha value is -5.07. The monoisotopic (exact) mass is 554 g/mol. The van der Waals surface area contributed by atoms with Crippen LogP contribution in [0.25, 0.3) is 34.1 Å². The molecule has 4 heterocycles. The first-order valence-corrected chi connectivity index (χ1v) is 14.3. The summed E-state index contributed by atoms with van der Waals surface area (Å²) in [6.07, 6.45) is 8.88. The molecule has 1 amide bonds. The maximum absolute atomic E-state index is 12.0. The van der Waals surface area contributed by atoms with Crippen LogP contribution in [-0.2, 0) is 11.2 Å². The number of rotatable bonds is 6. The number of benzene rings is 2. The summed E-state index contributed by atoms with van der Waals surface area (Å²) in [5.41, 5.74) is 6.36. The van der Waals surface area contributed by atoms with Crippen LogP contribution in [0.4, 0.5) is 0 Å². The summed E-state index contributed by atoms with van der Waals surface area (Å²) in [4.78, 5) is 23.8. The van der Waals surface area contributed by atoms with E-state index in [2.05, 4.69) is 45.8 Å². The summed E-state index contributed by atoms with van der Waals surface area (Å²) < 4.78 is 3.79. The van der Waals surface area contributed by atoms with Crippen LogP contribution in [0.2, 0.25) is 0 Å². The molecule has 0 radical (unpaired) electrons. The van der Waals surface area contributed by atoms with Gasteiger partial charge >= 0.3 is 0 Å². The molecule has 0 saturated carbocycles. The number of fused-ring (bicyclic) bond motifs is 2. The van der Waals surface area contributed by atoms with Crippen molar-refractivity contribution < 1.29 is 4.79 Å². The number of aryl methyl sites for hydroxylation is 1. The van der Waals surface area contributed by atoms with Crippen LogP contribution in [-0.4, -0.2) is 54.3 Å². The fourth-order valence-corrected chi connectivity index (χ4v) is 6.28. The molecule has 2 aromatic carbocycles. The number of carbonyl (C=O) groups excluding carboxylic acids is 1. The molecule has 5 aromatic rings. The highest BCUT2D eigenvalue weighted by Crippen LogP contribution is 2.36. The third-order valence-corrected chi connectivity index (χ3v) is 8.40. The highest BCUT2D eigenvalue weighted by molar-refractivity contribution is 5.87. The average Bonchev–Trinajstić information content (AvgIpc) is 3.80. The molecule has 1 aliphatic heterocycles. The van der Waals surface area contributed by atoms with Gasteiger partial charge < -0.3 is 10.2 Å². The molecule has 1 saturated heterocycles. The number of amides is 1. The van der Waals surface area contributed by atoms with E-state index in [-0.39, 0.29) is 11.9 Å². The Morgan fingerprint density at radius 3 is 2.69 bits per heavy atom. The molecule has 42 heavy (non-hydrogen) atoms. The van der Waals surface area contributed by atoms with Crippen molar-refractivity contribution in [1.82, 2.24) is 34.5 Å². The van der Waals surface area contributed by atoms with Gasteiger partial charge in [-0.2, -0.15) is 10.4 Å². The van der Waals surface area contributed by atoms with Crippen molar-refractivity contribution in [2.24, 2.45) is 0 Å².